The number of carbonyl (C=O) groups is 2. The lowest BCUT2D eigenvalue weighted by molar-refractivity contribution is -0.255. The van der Waals surface area contributed by atoms with E-state index >= 15 is 0 Å². The maximum absolute atomic E-state index is 12.8. The zero-order valence-corrected chi connectivity index (χ0v) is 16.1. The Balaban J connectivity index is 2.54. The van der Waals surface area contributed by atoms with Crippen LogP contribution >= 0.6 is 0 Å². The van der Waals surface area contributed by atoms with E-state index in [2.05, 4.69) is 4.72 Å². The maximum atomic E-state index is 12.8. The number of hydrogen-bond donors (Lipinski definition) is 1. The van der Waals surface area contributed by atoms with E-state index in [9.17, 15) is 28.2 Å². The number of carbonyl (C=O) groups excluding carboxylic acids is 2. The monoisotopic (exact) mass is 389 g/mol. The van der Waals surface area contributed by atoms with Crippen molar-refractivity contribution in [1.82, 2.24) is 0 Å². The number of benzene rings is 2. The van der Waals surface area contributed by atoms with Gasteiger partial charge in [0, 0.05) is 0 Å². The molecule has 0 atom stereocenters. The first-order valence-electron chi connectivity index (χ1n) is 8.03. The van der Waals surface area contributed by atoms with Gasteiger partial charge in [0.25, 0.3) is 10.0 Å². The molecule has 27 heavy (non-hydrogen) atoms. The largest absolute Gasteiger partial charge is 0.545 e. The molecule has 0 unspecified atom stereocenters. The molecule has 2 aromatic rings. The molecule has 0 aromatic heterocycles. The van der Waals surface area contributed by atoms with Crippen LogP contribution in [0, 0.1) is 6.92 Å². The molecule has 7 nitrogen and oxygen atoms in total. The molecule has 2 aromatic carbocycles. The lowest BCUT2D eigenvalue weighted by Gasteiger charge is -2.21. The number of carboxylic acids is 2. The summed E-state index contributed by atoms with van der Waals surface area (Å²) in [4.78, 5) is 22.2. The standard InChI is InChI=1S/C19H21NO6S/c1-11-5-6-14(19(2,3)4)10-16(11)27(25,26)20-15-8-12(17(21)22)7-13(9-15)18(23)24/h5-10,20H,1-4H3,(H,21,22)(H,23,24)/p-2. The molecule has 0 heterocycles. The molecule has 0 saturated heterocycles. The SMILES string of the molecule is Cc1ccc(C(C)(C)C)cc1S(=O)(=O)Nc1cc(C(=O)[O-])cc(C(=O)[O-])c1. The summed E-state index contributed by atoms with van der Waals surface area (Å²) < 4.78 is 27.9. The fourth-order valence-corrected chi connectivity index (χ4v) is 3.80. The molecule has 8 heteroatoms. The Bertz CT molecular complexity index is 987. The molecular weight excluding hydrogens is 370 g/mol. The second kappa shape index (κ2) is 7.03. The lowest BCUT2D eigenvalue weighted by Crippen LogP contribution is -2.26. The quantitative estimate of drug-likeness (QED) is 0.807. The molecule has 0 aliphatic carbocycles. The van der Waals surface area contributed by atoms with Crippen molar-refractivity contribution >= 4 is 27.6 Å². The predicted molar refractivity (Wildman–Crippen MR) is 95.8 cm³/mol. The van der Waals surface area contributed by atoms with Crippen molar-refractivity contribution in [3.63, 3.8) is 0 Å². The highest BCUT2D eigenvalue weighted by Gasteiger charge is 2.22. The first kappa shape index (κ1) is 20.4. The minimum absolute atomic E-state index is 0.0174. The van der Waals surface area contributed by atoms with E-state index in [1.165, 1.54) is 0 Å². The Kier molecular flexibility index (Phi) is 5.33. The van der Waals surface area contributed by atoms with Crippen molar-refractivity contribution in [3.8, 4) is 0 Å². The van der Waals surface area contributed by atoms with Crippen LogP contribution in [0.15, 0.2) is 41.3 Å². The van der Waals surface area contributed by atoms with E-state index in [0.717, 1.165) is 23.8 Å². The summed E-state index contributed by atoms with van der Waals surface area (Å²) in [6.07, 6.45) is 0. The predicted octanol–water partition coefficient (Wildman–Crippen LogP) is 0.820. The molecule has 0 radical (unpaired) electrons. The topological polar surface area (TPSA) is 126 Å². The van der Waals surface area contributed by atoms with E-state index in [1.54, 1.807) is 19.1 Å². The molecule has 0 aliphatic heterocycles. The number of carboxylic acid groups (broad SMARTS) is 2. The summed E-state index contributed by atoms with van der Waals surface area (Å²) in [5, 5.41) is 22.1. The minimum atomic E-state index is -4.09. The van der Waals surface area contributed by atoms with Gasteiger partial charge in [-0.3, -0.25) is 4.72 Å². The van der Waals surface area contributed by atoms with Gasteiger partial charge in [0.2, 0.25) is 0 Å². The number of aryl methyl sites for hydroxylation is 1. The molecular formula is C19H19NO6S-2. The molecule has 0 fully saturated rings. The third kappa shape index (κ3) is 4.65. The van der Waals surface area contributed by atoms with Crippen LogP contribution in [0.3, 0.4) is 0 Å². The number of sulfonamides is 1. The Morgan fingerprint density at radius 1 is 0.926 bits per heavy atom. The maximum Gasteiger partial charge on any atom is 0.262 e. The molecule has 2 rings (SSSR count). The van der Waals surface area contributed by atoms with Crippen LogP contribution in [-0.2, 0) is 15.4 Å². The third-order valence-corrected chi connectivity index (χ3v) is 5.52. The molecule has 144 valence electrons. The van der Waals surface area contributed by atoms with Crippen LogP contribution in [-0.4, -0.2) is 20.4 Å². The van der Waals surface area contributed by atoms with Crippen molar-refractivity contribution in [1.29, 1.82) is 0 Å². The second-order valence-electron chi connectivity index (χ2n) is 7.21. The molecule has 1 N–H and O–H groups in total. The van der Waals surface area contributed by atoms with Gasteiger partial charge in [-0.15, -0.1) is 0 Å². The average Bonchev–Trinajstić information content (AvgIpc) is 2.53. The zero-order valence-electron chi connectivity index (χ0n) is 15.3. The van der Waals surface area contributed by atoms with E-state index < -0.39 is 33.1 Å². The van der Waals surface area contributed by atoms with Crippen molar-refractivity contribution < 1.29 is 28.2 Å². The van der Waals surface area contributed by atoms with Crippen molar-refractivity contribution in [2.45, 2.75) is 38.0 Å². The summed E-state index contributed by atoms with van der Waals surface area (Å²) in [5.41, 5.74) is -0.158. The summed E-state index contributed by atoms with van der Waals surface area (Å²) in [7, 11) is -4.09. The highest BCUT2D eigenvalue weighted by atomic mass is 32.2. The number of hydrogen-bond acceptors (Lipinski definition) is 6. The highest BCUT2D eigenvalue weighted by molar-refractivity contribution is 7.92. The molecule has 0 amide bonds. The van der Waals surface area contributed by atoms with Gasteiger partial charge in [-0.05, 0) is 58.9 Å². The van der Waals surface area contributed by atoms with Gasteiger partial charge in [-0.25, -0.2) is 8.42 Å². The molecule has 0 bridgehead atoms. The fourth-order valence-electron chi connectivity index (χ4n) is 2.49. The third-order valence-electron chi connectivity index (χ3n) is 4.00. The molecule has 0 saturated carbocycles. The number of nitrogens with one attached hydrogen (secondary N) is 1. The van der Waals surface area contributed by atoms with Crippen LogP contribution in [0.4, 0.5) is 5.69 Å². The Labute approximate surface area is 157 Å². The highest BCUT2D eigenvalue weighted by Crippen LogP contribution is 2.28. The van der Waals surface area contributed by atoms with Gasteiger partial charge >= 0.3 is 0 Å². The summed E-state index contributed by atoms with van der Waals surface area (Å²) in [6.45, 7) is 7.45. The second-order valence-corrected chi connectivity index (χ2v) is 8.86. The van der Waals surface area contributed by atoms with Gasteiger partial charge in [-0.1, -0.05) is 32.9 Å². The number of anilines is 1. The number of rotatable bonds is 5. The normalized spacial score (nSPS) is 11.9. The van der Waals surface area contributed by atoms with E-state index in [1.807, 2.05) is 26.8 Å². The van der Waals surface area contributed by atoms with Gasteiger partial charge < -0.3 is 19.8 Å². The summed E-state index contributed by atoms with van der Waals surface area (Å²) in [5.74, 6) is -3.27. The van der Waals surface area contributed by atoms with Crippen LogP contribution in [0.5, 0.6) is 0 Å². The fraction of sp³-hybridized carbons (Fsp3) is 0.263. The Hall–Kier alpha value is -2.87. The van der Waals surface area contributed by atoms with Crippen LogP contribution < -0.4 is 14.9 Å². The van der Waals surface area contributed by atoms with Crippen LogP contribution in [0.2, 0.25) is 0 Å². The van der Waals surface area contributed by atoms with Gasteiger partial charge in [0.15, 0.2) is 0 Å². The van der Waals surface area contributed by atoms with Crippen LogP contribution in [0.25, 0.3) is 0 Å². The van der Waals surface area contributed by atoms with Crippen LogP contribution in [0.1, 0.15) is 52.6 Å². The van der Waals surface area contributed by atoms with E-state index in [-0.39, 0.29) is 16.0 Å². The summed E-state index contributed by atoms with van der Waals surface area (Å²) in [6, 6.07) is 7.87. The molecule has 0 spiro atoms. The van der Waals surface area contributed by atoms with E-state index in [4.69, 9.17) is 0 Å². The van der Waals surface area contributed by atoms with Crippen molar-refractivity contribution in [2.75, 3.05) is 4.72 Å². The average molecular weight is 389 g/mol. The first-order valence-corrected chi connectivity index (χ1v) is 9.51. The van der Waals surface area contributed by atoms with E-state index in [0.29, 0.717) is 5.56 Å². The summed E-state index contributed by atoms with van der Waals surface area (Å²) >= 11 is 0. The first-order chi connectivity index (χ1) is 12.3. The van der Waals surface area contributed by atoms with Gasteiger partial charge in [0.1, 0.15) is 0 Å². The smallest absolute Gasteiger partial charge is 0.262 e. The Morgan fingerprint density at radius 2 is 1.44 bits per heavy atom. The number of aromatic carboxylic acids is 2. The van der Waals surface area contributed by atoms with Crippen molar-refractivity contribution in [3.05, 3.63) is 58.7 Å². The van der Waals surface area contributed by atoms with Gasteiger partial charge in [0.05, 0.1) is 22.5 Å². The molecule has 0 aliphatic rings. The Morgan fingerprint density at radius 3 is 1.89 bits per heavy atom. The minimum Gasteiger partial charge on any atom is -0.545 e. The van der Waals surface area contributed by atoms with Gasteiger partial charge in [-0.2, -0.15) is 0 Å². The zero-order chi connectivity index (χ0) is 20.6. The van der Waals surface area contributed by atoms with Crippen molar-refractivity contribution in [2.24, 2.45) is 0 Å². The lowest BCUT2D eigenvalue weighted by atomic mass is 9.87.